The van der Waals surface area contributed by atoms with E-state index in [9.17, 15) is 13.2 Å². The molecule has 1 saturated carbocycles. The first-order valence-corrected chi connectivity index (χ1v) is 6.76. The van der Waals surface area contributed by atoms with Gasteiger partial charge in [-0.1, -0.05) is 11.6 Å². The van der Waals surface area contributed by atoms with Gasteiger partial charge in [0.2, 0.25) is 0 Å². The van der Waals surface area contributed by atoms with Crippen molar-refractivity contribution in [1.29, 1.82) is 0 Å². The van der Waals surface area contributed by atoms with Crippen molar-refractivity contribution in [3.63, 3.8) is 0 Å². The molecule has 0 spiro atoms. The van der Waals surface area contributed by atoms with Gasteiger partial charge in [0.25, 0.3) is 0 Å². The molecule has 0 atom stereocenters. The Morgan fingerprint density at radius 2 is 1.80 bits per heavy atom. The minimum atomic E-state index is -4.10. The first-order valence-electron chi connectivity index (χ1n) is 6.38. The summed E-state index contributed by atoms with van der Waals surface area (Å²) in [6.07, 6.45) is 0.0662. The van der Waals surface area contributed by atoms with E-state index >= 15 is 0 Å². The van der Waals surface area contributed by atoms with E-state index in [0.717, 1.165) is 0 Å². The largest absolute Gasteiger partial charge is 0.391 e. The highest BCUT2D eigenvalue weighted by Gasteiger charge is 2.42. The Morgan fingerprint density at radius 1 is 1.10 bits per heavy atom. The molecule has 0 unspecified atom stereocenters. The van der Waals surface area contributed by atoms with Gasteiger partial charge in [0.1, 0.15) is 11.0 Å². The number of hydrogen-bond acceptors (Lipinski definition) is 3. The van der Waals surface area contributed by atoms with Crippen molar-refractivity contribution in [2.45, 2.75) is 37.8 Å². The van der Waals surface area contributed by atoms with E-state index in [4.69, 9.17) is 11.6 Å². The second-order valence-electron chi connectivity index (χ2n) is 5.07. The van der Waals surface area contributed by atoms with Crippen LogP contribution in [0.1, 0.15) is 37.4 Å². The van der Waals surface area contributed by atoms with Crippen molar-refractivity contribution < 1.29 is 13.2 Å². The Bertz CT molecular complexity index is 617. The number of hydrogen-bond donors (Lipinski definition) is 0. The molecule has 1 aliphatic rings. The van der Waals surface area contributed by atoms with Crippen LogP contribution in [-0.2, 0) is 0 Å². The predicted molar refractivity (Wildman–Crippen MR) is 66.5 cm³/mol. The fourth-order valence-corrected chi connectivity index (χ4v) is 3.01. The third-order valence-electron chi connectivity index (χ3n) is 3.85. The third kappa shape index (κ3) is 2.34. The Kier molecular flexibility index (Phi) is 3.32. The number of halogens is 4. The Hall–Kier alpha value is -1.37. The molecule has 4 nitrogen and oxygen atoms in total. The number of rotatable bonds is 1. The molecular formula is C12H12ClF3N4. The lowest BCUT2D eigenvalue weighted by Gasteiger charge is -2.28. The molecule has 108 valence electrons. The predicted octanol–water partition coefficient (Wildman–Crippen LogP) is 3.61. The molecule has 2 aromatic heterocycles. The van der Waals surface area contributed by atoms with Gasteiger partial charge in [-0.3, -0.25) is 9.38 Å². The van der Waals surface area contributed by atoms with Crippen LogP contribution in [-0.4, -0.2) is 25.8 Å². The molecule has 3 rings (SSSR count). The average Bonchev–Trinajstić information content (AvgIpc) is 2.83. The summed E-state index contributed by atoms with van der Waals surface area (Å²) in [7, 11) is 0. The van der Waals surface area contributed by atoms with Crippen molar-refractivity contribution in [1.82, 2.24) is 19.6 Å². The van der Waals surface area contributed by atoms with Gasteiger partial charge < -0.3 is 0 Å². The highest BCUT2D eigenvalue weighted by atomic mass is 35.5. The van der Waals surface area contributed by atoms with Crippen LogP contribution in [0, 0.1) is 5.92 Å². The van der Waals surface area contributed by atoms with Gasteiger partial charge in [0.05, 0.1) is 18.3 Å². The number of aromatic nitrogens is 4. The molecule has 1 aliphatic carbocycles. The van der Waals surface area contributed by atoms with Crippen LogP contribution in [0.3, 0.4) is 0 Å². The first-order chi connectivity index (χ1) is 9.47. The van der Waals surface area contributed by atoms with E-state index in [2.05, 4.69) is 15.2 Å². The molecular weight excluding hydrogens is 293 g/mol. The van der Waals surface area contributed by atoms with Crippen LogP contribution in [0.4, 0.5) is 13.2 Å². The summed E-state index contributed by atoms with van der Waals surface area (Å²) < 4.78 is 39.7. The third-order valence-corrected chi connectivity index (χ3v) is 4.12. The Morgan fingerprint density at radius 3 is 2.45 bits per heavy atom. The summed E-state index contributed by atoms with van der Waals surface area (Å²) in [4.78, 5) is 3.91. The summed E-state index contributed by atoms with van der Waals surface area (Å²) in [6.45, 7) is 0. The number of nitrogens with zero attached hydrogens (tertiary/aromatic N) is 4. The highest BCUT2D eigenvalue weighted by molar-refractivity contribution is 6.29. The molecule has 2 aromatic rings. The van der Waals surface area contributed by atoms with Crippen LogP contribution >= 0.6 is 11.6 Å². The average molecular weight is 305 g/mol. The minimum absolute atomic E-state index is 0.0384. The fourth-order valence-electron chi connectivity index (χ4n) is 2.78. The van der Waals surface area contributed by atoms with Crippen LogP contribution in [0.25, 0.3) is 5.65 Å². The van der Waals surface area contributed by atoms with Crippen LogP contribution < -0.4 is 0 Å². The zero-order valence-corrected chi connectivity index (χ0v) is 11.2. The molecule has 0 amide bonds. The number of fused-ring (bicyclic) bond motifs is 1. The zero-order valence-electron chi connectivity index (χ0n) is 10.4. The van der Waals surface area contributed by atoms with E-state index in [0.29, 0.717) is 29.5 Å². The molecule has 0 bridgehead atoms. The van der Waals surface area contributed by atoms with Gasteiger partial charge >= 0.3 is 6.18 Å². The van der Waals surface area contributed by atoms with Crippen molar-refractivity contribution in [2.75, 3.05) is 0 Å². The first kappa shape index (κ1) is 13.6. The van der Waals surface area contributed by atoms with Crippen LogP contribution in [0.5, 0.6) is 0 Å². The highest BCUT2D eigenvalue weighted by Crippen LogP contribution is 2.42. The zero-order chi connectivity index (χ0) is 14.3. The van der Waals surface area contributed by atoms with Crippen molar-refractivity contribution in [3.05, 3.63) is 23.4 Å². The maximum Gasteiger partial charge on any atom is 0.391 e. The lowest BCUT2D eigenvalue weighted by Crippen LogP contribution is -2.27. The van der Waals surface area contributed by atoms with E-state index in [1.54, 1.807) is 4.40 Å². The van der Waals surface area contributed by atoms with Crippen molar-refractivity contribution >= 4 is 17.2 Å². The molecule has 8 heteroatoms. The Labute approximate surface area is 118 Å². The molecule has 1 fully saturated rings. The normalized spacial score (nSPS) is 24.2. The molecule has 0 aromatic carbocycles. The van der Waals surface area contributed by atoms with Gasteiger partial charge in [-0.15, -0.1) is 10.2 Å². The second-order valence-corrected chi connectivity index (χ2v) is 5.46. The molecule has 2 heterocycles. The van der Waals surface area contributed by atoms with E-state index in [1.165, 1.54) is 12.4 Å². The summed E-state index contributed by atoms with van der Waals surface area (Å²) in [5.74, 6) is -0.605. The van der Waals surface area contributed by atoms with Gasteiger partial charge in [0.15, 0.2) is 5.65 Å². The molecule has 20 heavy (non-hydrogen) atoms. The second kappa shape index (κ2) is 4.87. The standard InChI is InChI=1S/C12H12ClF3N4/c13-9-5-17-6-10-18-19-11(20(9)10)7-1-3-8(4-2-7)12(14,15)16/h5-8H,1-4H2. The topological polar surface area (TPSA) is 43.1 Å². The molecule has 0 saturated heterocycles. The summed E-state index contributed by atoms with van der Waals surface area (Å²) in [6, 6.07) is 0. The van der Waals surface area contributed by atoms with E-state index in [-0.39, 0.29) is 18.8 Å². The lowest BCUT2D eigenvalue weighted by atomic mass is 9.81. The lowest BCUT2D eigenvalue weighted by molar-refractivity contribution is -0.182. The number of alkyl halides is 3. The monoisotopic (exact) mass is 304 g/mol. The van der Waals surface area contributed by atoms with Crippen molar-refractivity contribution in [2.24, 2.45) is 5.92 Å². The van der Waals surface area contributed by atoms with E-state index < -0.39 is 12.1 Å². The van der Waals surface area contributed by atoms with Gasteiger partial charge in [0, 0.05) is 5.92 Å². The van der Waals surface area contributed by atoms with Gasteiger partial charge in [-0.25, -0.2) is 0 Å². The Balaban J connectivity index is 1.84. The maximum atomic E-state index is 12.7. The SMILES string of the molecule is FC(F)(F)C1CCC(c2nnc3cncc(Cl)n23)CC1. The van der Waals surface area contributed by atoms with E-state index in [1.807, 2.05) is 0 Å². The fraction of sp³-hybridized carbons (Fsp3) is 0.583. The molecule has 0 aliphatic heterocycles. The molecule has 0 radical (unpaired) electrons. The van der Waals surface area contributed by atoms with Crippen LogP contribution in [0.15, 0.2) is 12.4 Å². The van der Waals surface area contributed by atoms with Gasteiger partial charge in [-0.05, 0) is 25.7 Å². The summed E-state index contributed by atoms with van der Waals surface area (Å²) in [5.41, 5.74) is 0.519. The minimum Gasteiger partial charge on any atom is -0.266 e. The summed E-state index contributed by atoms with van der Waals surface area (Å²) in [5, 5.41) is 8.42. The molecule has 0 N–H and O–H groups in total. The smallest absolute Gasteiger partial charge is 0.266 e. The summed E-state index contributed by atoms with van der Waals surface area (Å²) >= 11 is 6.06. The van der Waals surface area contributed by atoms with Gasteiger partial charge in [-0.2, -0.15) is 13.2 Å². The maximum absolute atomic E-state index is 12.7. The van der Waals surface area contributed by atoms with Crippen LogP contribution in [0.2, 0.25) is 5.15 Å². The quantitative estimate of drug-likeness (QED) is 0.808. The van der Waals surface area contributed by atoms with Crippen molar-refractivity contribution in [3.8, 4) is 0 Å².